The molecule has 0 amide bonds. The van der Waals surface area contributed by atoms with Crippen molar-refractivity contribution in [3.8, 4) is 0 Å². The third-order valence-electron chi connectivity index (χ3n) is 1.50. The Morgan fingerprint density at radius 2 is 2.14 bits per heavy atom. The molecule has 7 heteroatoms. The van der Waals surface area contributed by atoms with Crippen molar-refractivity contribution in [3.05, 3.63) is 39.9 Å². The van der Waals surface area contributed by atoms with E-state index in [-0.39, 0.29) is 11.3 Å². The van der Waals surface area contributed by atoms with E-state index in [0.717, 1.165) is 6.07 Å². The van der Waals surface area contributed by atoms with E-state index in [4.69, 9.17) is 4.89 Å². The average Bonchev–Trinajstić information content (AvgIpc) is 2.01. The first kappa shape index (κ1) is 10.8. The van der Waals surface area contributed by atoms with Gasteiger partial charge in [-0.15, -0.1) is 0 Å². The second-order valence-electron chi connectivity index (χ2n) is 2.72. The average molecular weight is 216 g/mol. The van der Waals surface area contributed by atoms with E-state index in [9.17, 15) is 19.6 Å². The van der Waals surface area contributed by atoms with E-state index in [0.29, 0.717) is 0 Å². The molecule has 1 aromatic carbocycles. The molecule has 0 fully saturated rings. The fourth-order valence-electron chi connectivity index (χ4n) is 0.999. The van der Waals surface area contributed by atoms with Crippen molar-refractivity contribution < 1.29 is 19.3 Å². The molecule has 0 saturated heterocycles. The number of nitro benzene ring substituents is 1. The summed E-state index contributed by atoms with van der Waals surface area (Å²) in [4.78, 5) is 28.7. The molecule has 0 aliphatic carbocycles. The number of non-ortho nitro benzene ring substituents is 1. The topological polar surface area (TPSA) is 104 Å². The van der Waals surface area contributed by atoms with Gasteiger partial charge in [0, 0.05) is 18.3 Å². The summed E-state index contributed by atoms with van der Waals surface area (Å²) < 4.78 is 10.5. The number of benzene rings is 1. The number of hydrogen-bond donors (Lipinski definition) is 1. The zero-order valence-corrected chi connectivity index (χ0v) is 7.89. The SMILES string of the molecule is O=[N+]([O-])c1cccc(CP(=O)([O-])O)c1. The fourth-order valence-corrected chi connectivity index (χ4v) is 1.66. The summed E-state index contributed by atoms with van der Waals surface area (Å²) in [5.41, 5.74) is -0.00372. The second kappa shape index (κ2) is 3.88. The van der Waals surface area contributed by atoms with Crippen LogP contribution in [-0.2, 0) is 10.7 Å². The summed E-state index contributed by atoms with van der Waals surface area (Å²) in [7, 11) is -4.41. The van der Waals surface area contributed by atoms with E-state index < -0.39 is 18.7 Å². The Morgan fingerprint density at radius 3 is 2.64 bits per heavy atom. The highest BCUT2D eigenvalue weighted by molar-refractivity contribution is 7.49. The minimum absolute atomic E-state index is 0.194. The van der Waals surface area contributed by atoms with Gasteiger partial charge in [0.2, 0.25) is 0 Å². The molecule has 0 heterocycles. The van der Waals surface area contributed by atoms with Gasteiger partial charge in [0.05, 0.1) is 4.92 Å². The van der Waals surface area contributed by atoms with E-state index in [1.807, 2.05) is 0 Å². The summed E-state index contributed by atoms with van der Waals surface area (Å²) in [6.07, 6.45) is -0.589. The van der Waals surface area contributed by atoms with Crippen LogP contribution >= 0.6 is 7.60 Å². The zero-order valence-electron chi connectivity index (χ0n) is 6.99. The lowest BCUT2D eigenvalue weighted by Crippen LogP contribution is -2.02. The van der Waals surface area contributed by atoms with Crippen LogP contribution in [0.2, 0.25) is 0 Å². The second-order valence-corrected chi connectivity index (χ2v) is 4.31. The Balaban J connectivity index is 2.95. The Hall–Kier alpha value is -1.23. The van der Waals surface area contributed by atoms with Crippen molar-refractivity contribution in [3.63, 3.8) is 0 Å². The summed E-state index contributed by atoms with van der Waals surface area (Å²) in [5, 5.41) is 10.3. The number of hydrogen-bond acceptors (Lipinski definition) is 4. The third kappa shape index (κ3) is 3.26. The summed E-state index contributed by atoms with van der Waals surface area (Å²) in [6, 6.07) is 5.12. The van der Waals surface area contributed by atoms with Crippen LogP contribution in [0.15, 0.2) is 24.3 Å². The predicted molar refractivity (Wildman–Crippen MR) is 46.6 cm³/mol. The monoisotopic (exact) mass is 216 g/mol. The van der Waals surface area contributed by atoms with Gasteiger partial charge in [-0.05, 0) is 5.56 Å². The molecule has 6 nitrogen and oxygen atoms in total. The van der Waals surface area contributed by atoms with Crippen LogP contribution in [0.3, 0.4) is 0 Å². The van der Waals surface area contributed by atoms with Crippen molar-refractivity contribution >= 4 is 13.3 Å². The Bertz CT molecular complexity index is 399. The van der Waals surface area contributed by atoms with Gasteiger partial charge in [-0.25, -0.2) is 0 Å². The number of nitrogens with zero attached hydrogens (tertiary/aromatic N) is 1. The predicted octanol–water partition coefficient (Wildman–Crippen LogP) is 0.640. The van der Waals surface area contributed by atoms with Gasteiger partial charge in [-0.2, -0.15) is 0 Å². The largest absolute Gasteiger partial charge is 0.778 e. The lowest BCUT2D eigenvalue weighted by molar-refractivity contribution is -0.384. The quantitative estimate of drug-likeness (QED) is 0.453. The van der Waals surface area contributed by atoms with Gasteiger partial charge < -0.3 is 14.4 Å². The molecule has 1 aromatic rings. The summed E-state index contributed by atoms with van der Waals surface area (Å²) in [6.45, 7) is 0. The van der Waals surface area contributed by atoms with E-state index in [1.165, 1.54) is 18.2 Å². The molecule has 1 N–H and O–H groups in total. The molecule has 1 unspecified atom stereocenters. The molecular weight excluding hydrogens is 209 g/mol. The normalized spacial score (nSPS) is 14.7. The highest BCUT2D eigenvalue weighted by atomic mass is 31.2. The molecule has 1 rings (SSSR count). The highest BCUT2D eigenvalue weighted by Crippen LogP contribution is 2.34. The first-order chi connectivity index (χ1) is 6.38. The van der Waals surface area contributed by atoms with Gasteiger partial charge in [-0.1, -0.05) is 12.1 Å². The van der Waals surface area contributed by atoms with E-state index >= 15 is 0 Å². The van der Waals surface area contributed by atoms with Gasteiger partial charge in [0.1, 0.15) is 7.60 Å². The zero-order chi connectivity index (χ0) is 10.8. The number of rotatable bonds is 3. The molecule has 0 aliphatic heterocycles. The van der Waals surface area contributed by atoms with Crippen LogP contribution in [0.5, 0.6) is 0 Å². The maximum absolute atomic E-state index is 10.5. The smallest absolute Gasteiger partial charge is 0.269 e. The molecule has 76 valence electrons. The lowest BCUT2D eigenvalue weighted by atomic mass is 10.2. The van der Waals surface area contributed by atoms with Crippen LogP contribution in [0.4, 0.5) is 5.69 Å². The Kier molecular flexibility index (Phi) is 3.00. The third-order valence-corrected chi connectivity index (χ3v) is 2.27. The van der Waals surface area contributed by atoms with Crippen molar-refractivity contribution in [1.82, 2.24) is 0 Å². The molecule has 0 radical (unpaired) electrons. The molecule has 0 aliphatic rings. The maximum atomic E-state index is 10.5. The van der Waals surface area contributed by atoms with Crippen LogP contribution in [0.1, 0.15) is 5.56 Å². The van der Waals surface area contributed by atoms with Gasteiger partial charge in [0.25, 0.3) is 5.69 Å². The van der Waals surface area contributed by atoms with Gasteiger partial charge in [0.15, 0.2) is 0 Å². The molecule has 0 aromatic heterocycles. The van der Waals surface area contributed by atoms with Gasteiger partial charge >= 0.3 is 0 Å². The van der Waals surface area contributed by atoms with Crippen LogP contribution < -0.4 is 4.89 Å². The van der Waals surface area contributed by atoms with E-state index in [2.05, 4.69) is 0 Å². The minimum atomic E-state index is -4.41. The molecule has 0 spiro atoms. The van der Waals surface area contributed by atoms with Crippen LogP contribution in [0.25, 0.3) is 0 Å². The summed E-state index contributed by atoms with van der Waals surface area (Å²) in [5.74, 6) is 0. The summed E-state index contributed by atoms with van der Waals surface area (Å²) >= 11 is 0. The highest BCUT2D eigenvalue weighted by Gasteiger charge is 2.09. The van der Waals surface area contributed by atoms with E-state index in [1.54, 1.807) is 0 Å². The first-order valence-electron chi connectivity index (χ1n) is 3.65. The Morgan fingerprint density at radius 1 is 1.50 bits per heavy atom. The van der Waals surface area contributed by atoms with Gasteiger partial charge in [-0.3, -0.25) is 10.1 Å². The standard InChI is InChI=1S/C7H8NO5P/c9-8(10)7-3-1-2-6(4-7)5-14(11,12)13/h1-4H,5H2,(H2,11,12,13)/p-1. The lowest BCUT2D eigenvalue weighted by Gasteiger charge is -2.14. The molecule has 14 heavy (non-hydrogen) atoms. The van der Waals surface area contributed by atoms with Crippen LogP contribution in [0, 0.1) is 10.1 Å². The Labute approximate surface area is 79.5 Å². The van der Waals surface area contributed by atoms with Crippen LogP contribution in [-0.4, -0.2) is 9.82 Å². The van der Waals surface area contributed by atoms with Crippen molar-refractivity contribution in [2.75, 3.05) is 0 Å². The molecule has 0 saturated carbocycles. The maximum Gasteiger partial charge on any atom is 0.269 e. The molecule has 0 bridgehead atoms. The van der Waals surface area contributed by atoms with Crippen molar-refractivity contribution in [2.24, 2.45) is 0 Å². The molecular formula is C7H7NO5P-. The van der Waals surface area contributed by atoms with Crippen molar-refractivity contribution in [2.45, 2.75) is 6.16 Å². The number of nitro groups is 1. The fraction of sp³-hybridized carbons (Fsp3) is 0.143. The van der Waals surface area contributed by atoms with Crippen molar-refractivity contribution in [1.29, 1.82) is 0 Å². The first-order valence-corrected chi connectivity index (χ1v) is 5.41. The minimum Gasteiger partial charge on any atom is -0.778 e. The molecule has 1 atom stereocenters.